The van der Waals surface area contributed by atoms with Crippen LogP contribution in [0.1, 0.15) is 26.3 Å². The zero-order valence-corrected chi connectivity index (χ0v) is 16.6. The maximum absolute atomic E-state index is 12.2. The van der Waals surface area contributed by atoms with Crippen LogP contribution < -0.4 is 14.8 Å². The number of amides is 1. The van der Waals surface area contributed by atoms with Crippen LogP contribution >= 0.6 is 0 Å². The van der Waals surface area contributed by atoms with Gasteiger partial charge in [0.15, 0.2) is 18.1 Å². The molecule has 0 aromatic heterocycles. The van der Waals surface area contributed by atoms with Gasteiger partial charge in [0.25, 0.3) is 5.91 Å². The van der Waals surface area contributed by atoms with Crippen LogP contribution in [0.2, 0.25) is 0 Å². The molecular weight excluding hydrogens is 340 g/mol. The molecule has 1 N–H and O–H groups in total. The van der Waals surface area contributed by atoms with E-state index in [1.165, 1.54) is 5.56 Å². The highest BCUT2D eigenvalue weighted by molar-refractivity contribution is 5.77. The molecule has 0 bridgehead atoms. The second-order valence-corrected chi connectivity index (χ2v) is 6.92. The lowest BCUT2D eigenvalue weighted by Crippen LogP contribution is -2.45. The molecule has 0 aliphatic rings. The van der Waals surface area contributed by atoms with Crippen LogP contribution in [0.5, 0.6) is 11.5 Å². The molecule has 1 atom stereocenters. The summed E-state index contributed by atoms with van der Waals surface area (Å²) in [4.78, 5) is 14.6. The number of nitrogens with one attached hydrogen (secondary N) is 1. The summed E-state index contributed by atoms with van der Waals surface area (Å²) in [5.74, 6) is 1.04. The van der Waals surface area contributed by atoms with Crippen LogP contribution in [0, 0.1) is 0 Å². The number of hydrogen-bond donors (Lipinski definition) is 1. The molecule has 0 spiro atoms. The number of para-hydroxylation sites is 2. The number of methoxy groups -OCH3 is 1. The van der Waals surface area contributed by atoms with E-state index in [1.807, 2.05) is 37.3 Å². The molecule has 0 aliphatic heterocycles. The number of rotatable bonds is 10. The third kappa shape index (κ3) is 6.94. The lowest BCUT2D eigenvalue weighted by molar-refractivity contribution is -0.123. The van der Waals surface area contributed by atoms with Crippen LogP contribution in [0.3, 0.4) is 0 Å². The zero-order chi connectivity index (χ0) is 19.6. The maximum atomic E-state index is 12.2. The average Bonchev–Trinajstić information content (AvgIpc) is 2.66. The van der Waals surface area contributed by atoms with Gasteiger partial charge >= 0.3 is 0 Å². The van der Waals surface area contributed by atoms with E-state index in [0.29, 0.717) is 17.5 Å². The van der Waals surface area contributed by atoms with Crippen LogP contribution in [-0.4, -0.2) is 43.2 Å². The fourth-order valence-electron chi connectivity index (χ4n) is 2.87. The summed E-state index contributed by atoms with van der Waals surface area (Å²) in [7, 11) is 1.58. The summed E-state index contributed by atoms with van der Waals surface area (Å²) < 4.78 is 10.8. The molecule has 0 fully saturated rings. The summed E-state index contributed by atoms with van der Waals surface area (Å²) in [6.45, 7) is 7.94. The van der Waals surface area contributed by atoms with Crippen LogP contribution in [0.4, 0.5) is 0 Å². The molecule has 5 nitrogen and oxygen atoms in total. The topological polar surface area (TPSA) is 50.8 Å². The highest BCUT2D eigenvalue weighted by atomic mass is 16.5. The number of carbonyl (C=O) groups excluding carboxylic acids is 1. The molecular formula is C22H30N2O3. The van der Waals surface area contributed by atoms with Gasteiger partial charge in [0.1, 0.15) is 0 Å². The van der Waals surface area contributed by atoms with Crippen LogP contribution in [0.25, 0.3) is 0 Å². The molecule has 2 rings (SSSR count). The van der Waals surface area contributed by atoms with Gasteiger partial charge in [-0.2, -0.15) is 0 Å². The molecule has 0 saturated carbocycles. The van der Waals surface area contributed by atoms with Crippen LogP contribution in [-0.2, 0) is 11.3 Å². The van der Waals surface area contributed by atoms with E-state index in [-0.39, 0.29) is 18.6 Å². The normalized spacial score (nSPS) is 12.1. The van der Waals surface area contributed by atoms with Gasteiger partial charge in [-0.15, -0.1) is 0 Å². The minimum Gasteiger partial charge on any atom is -0.493 e. The number of hydrogen-bond acceptors (Lipinski definition) is 4. The molecule has 1 unspecified atom stereocenters. The molecule has 27 heavy (non-hydrogen) atoms. The van der Waals surface area contributed by atoms with Gasteiger partial charge in [-0.1, -0.05) is 42.5 Å². The van der Waals surface area contributed by atoms with Gasteiger partial charge in [-0.3, -0.25) is 9.69 Å². The standard InChI is InChI=1S/C22H30N2O3/c1-17(2)24(15-19-10-6-5-7-11-19)14-18(3)23-22(25)16-27-21-13-9-8-12-20(21)26-4/h5-13,17-18H,14-16H2,1-4H3,(H,23,25). The van der Waals surface area contributed by atoms with Crippen LogP contribution in [0.15, 0.2) is 54.6 Å². The molecule has 0 heterocycles. The molecule has 146 valence electrons. The predicted molar refractivity (Wildman–Crippen MR) is 108 cm³/mol. The Morgan fingerprint density at radius 2 is 1.63 bits per heavy atom. The Balaban J connectivity index is 1.83. The number of carbonyl (C=O) groups is 1. The fourth-order valence-corrected chi connectivity index (χ4v) is 2.87. The molecule has 2 aromatic rings. The highest BCUT2D eigenvalue weighted by Gasteiger charge is 2.16. The first-order valence-corrected chi connectivity index (χ1v) is 9.32. The minimum absolute atomic E-state index is 0.0184. The quantitative estimate of drug-likeness (QED) is 0.696. The third-order valence-corrected chi connectivity index (χ3v) is 4.30. The van der Waals surface area contributed by atoms with Crippen molar-refractivity contribution in [3.63, 3.8) is 0 Å². The van der Waals surface area contributed by atoms with E-state index in [2.05, 4.69) is 36.2 Å². The summed E-state index contributed by atoms with van der Waals surface area (Å²) in [6.07, 6.45) is 0. The smallest absolute Gasteiger partial charge is 0.258 e. The second kappa shape index (κ2) is 10.6. The van der Waals surface area contributed by atoms with Gasteiger partial charge in [0.2, 0.25) is 0 Å². The molecule has 0 radical (unpaired) electrons. The van der Waals surface area contributed by atoms with Gasteiger partial charge in [0.05, 0.1) is 7.11 Å². The number of ether oxygens (including phenoxy) is 2. The largest absolute Gasteiger partial charge is 0.493 e. The number of nitrogens with zero attached hydrogens (tertiary/aromatic N) is 1. The van der Waals surface area contributed by atoms with E-state index in [4.69, 9.17) is 9.47 Å². The summed E-state index contributed by atoms with van der Waals surface area (Å²) in [5.41, 5.74) is 1.27. The van der Waals surface area contributed by atoms with Crippen molar-refractivity contribution in [1.82, 2.24) is 10.2 Å². The lowest BCUT2D eigenvalue weighted by atomic mass is 10.1. The van der Waals surface area contributed by atoms with Gasteiger partial charge in [-0.25, -0.2) is 0 Å². The Morgan fingerprint density at radius 1 is 1.00 bits per heavy atom. The average molecular weight is 370 g/mol. The Hall–Kier alpha value is -2.53. The fraction of sp³-hybridized carbons (Fsp3) is 0.409. The van der Waals surface area contributed by atoms with Gasteiger partial charge in [0, 0.05) is 25.2 Å². The molecule has 0 saturated heterocycles. The van der Waals surface area contributed by atoms with Crippen molar-refractivity contribution in [3.05, 3.63) is 60.2 Å². The molecule has 0 aliphatic carbocycles. The van der Waals surface area contributed by atoms with Crippen molar-refractivity contribution in [2.75, 3.05) is 20.3 Å². The van der Waals surface area contributed by atoms with E-state index in [9.17, 15) is 4.79 Å². The molecule has 2 aromatic carbocycles. The SMILES string of the molecule is COc1ccccc1OCC(=O)NC(C)CN(Cc1ccccc1)C(C)C. The number of benzene rings is 2. The van der Waals surface area contributed by atoms with Crippen molar-refractivity contribution in [2.45, 2.75) is 39.4 Å². The van der Waals surface area contributed by atoms with Crippen molar-refractivity contribution in [1.29, 1.82) is 0 Å². The highest BCUT2D eigenvalue weighted by Crippen LogP contribution is 2.25. The summed E-state index contributed by atoms with van der Waals surface area (Å²) in [6, 6.07) is 18.1. The lowest BCUT2D eigenvalue weighted by Gasteiger charge is -2.29. The predicted octanol–water partition coefficient (Wildman–Crippen LogP) is 3.49. The Morgan fingerprint density at radius 3 is 2.26 bits per heavy atom. The van der Waals surface area contributed by atoms with Crippen molar-refractivity contribution >= 4 is 5.91 Å². The Kier molecular flexibility index (Phi) is 8.14. The van der Waals surface area contributed by atoms with Crippen molar-refractivity contribution in [2.24, 2.45) is 0 Å². The molecule has 5 heteroatoms. The second-order valence-electron chi connectivity index (χ2n) is 6.92. The monoisotopic (exact) mass is 370 g/mol. The summed E-state index contributed by atoms with van der Waals surface area (Å²) in [5, 5.41) is 3.01. The maximum Gasteiger partial charge on any atom is 0.258 e. The Labute approximate surface area is 162 Å². The zero-order valence-electron chi connectivity index (χ0n) is 16.6. The van der Waals surface area contributed by atoms with Gasteiger partial charge in [-0.05, 0) is 38.5 Å². The summed E-state index contributed by atoms with van der Waals surface area (Å²) >= 11 is 0. The Bertz CT molecular complexity index is 704. The van der Waals surface area contributed by atoms with Crippen molar-refractivity contribution < 1.29 is 14.3 Å². The third-order valence-electron chi connectivity index (χ3n) is 4.30. The van der Waals surface area contributed by atoms with E-state index in [1.54, 1.807) is 19.2 Å². The van der Waals surface area contributed by atoms with Crippen molar-refractivity contribution in [3.8, 4) is 11.5 Å². The molecule has 1 amide bonds. The minimum atomic E-state index is -0.142. The van der Waals surface area contributed by atoms with Gasteiger partial charge < -0.3 is 14.8 Å². The first-order chi connectivity index (χ1) is 13.0. The van der Waals surface area contributed by atoms with E-state index in [0.717, 1.165) is 13.1 Å². The first kappa shape index (κ1) is 20.8. The first-order valence-electron chi connectivity index (χ1n) is 9.32. The van der Waals surface area contributed by atoms with E-state index >= 15 is 0 Å². The van der Waals surface area contributed by atoms with E-state index < -0.39 is 0 Å².